The molecule has 0 heterocycles. The van der Waals surface area contributed by atoms with Crippen molar-refractivity contribution in [3.05, 3.63) is 0 Å². The monoisotopic (exact) mass is 433 g/mol. The molecule has 0 saturated carbocycles. The van der Waals surface area contributed by atoms with Gasteiger partial charge in [-0.2, -0.15) is 0 Å². The largest absolute Gasteiger partial charge is 0 e. The van der Waals surface area contributed by atoms with Gasteiger partial charge >= 0.3 is 21.0 Å². The van der Waals surface area contributed by atoms with Gasteiger partial charge in [-0.15, -0.1) is 24.0 Å². The van der Waals surface area contributed by atoms with Crippen LogP contribution in [0.3, 0.4) is 0 Å². The summed E-state index contributed by atoms with van der Waals surface area (Å²) in [6.07, 6.45) is 0. The first-order valence-electron chi connectivity index (χ1n) is 0.183. The van der Waals surface area contributed by atoms with Crippen LogP contribution in [0.5, 0.6) is 0 Å². The van der Waals surface area contributed by atoms with Gasteiger partial charge in [-0.3, -0.25) is 0 Å². The van der Waals surface area contributed by atoms with Gasteiger partial charge in [-0.1, -0.05) is 0 Å². The molecular weight excluding hydrogens is 432 g/mol. The van der Waals surface area contributed by atoms with Crippen LogP contribution in [0.4, 0.5) is 0 Å². The first-order valence-corrected chi connectivity index (χ1v) is 0.753. The van der Waals surface area contributed by atoms with Crippen molar-refractivity contribution in [2.45, 2.75) is 0 Å². The minimum absolute atomic E-state index is 0. The van der Waals surface area contributed by atoms with E-state index in [1.807, 2.05) is 0 Å². The Morgan fingerprint density at radius 2 is 1.25 bits per heavy atom. The topological polar surface area (TPSA) is 17.1 Å². The molecule has 0 atom stereocenters. The van der Waals surface area contributed by atoms with Gasteiger partial charge in [0.1, 0.15) is 0 Å². The quantitative estimate of drug-likeness (QED) is 0.509. The van der Waals surface area contributed by atoms with E-state index in [-0.39, 0.29) is 55.1 Å². The SMILES string of the molecule is I.[O]=[V].[U]. The van der Waals surface area contributed by atoms with Crippen LogP contribution in [-0.2, 0) is 21.0 Å². The summed E-state index contributed by atoms with van der Waals surface area (Å²) in [7, 11) is 0. The van der Waals surface area contributed by atoms with Crippen molar-refractivity contribution in [3.63, 3.8) is 0 Å². The fourth-order valence-electron chi connectivity index (χ4n) is 0. The van der Waals surface area contributed by atoms with Crippen LogP contribution in [0.25, 0.3) is 0 Å². The maximum atomic E-state index is 8.19. The average Bonchev–Trinajstić information content (AvgIpc) is 1.00. The Morgan fingerprint density at radius 1 is 1.25 bits per heavy atom. The summed E-state index contributed by atoms with van der Waals surface area (Å²) in [6.45, 7) is 0. The standard InChI is InChI=1S/HI.O.U.V/h1H;;;. The van der Waals surface area contributed by atoms with E-state index in [0.29, 0.717) is 0 Å². The van der Waals surface area contributed by atoms with E-state index in [4.69, 9.17) is 3.67 Å². The molecule has 0 unspecified atom stereocenters. The van der Waals surface area contributed by atoms with E-state index in [2.05, 4.69) is 0 Å². The number of halogens is 1. The van der Waals surface area contributed by atoms with Crippen LogP contribution in [0.2, 0.25) is 0 Å². The molecule has 0 saturated heterocycles. The van der Waals surface area contributed by atoms with Gasteiger partial charge in [0.2, 0.25) is 0 Å². The molecule has 23 valence electrons. The molecule has 0 aromatic rings. The van der Waals surface area contributed by atoms with E-state index in [0.717, 1.165) is 17.4 Å². The van der Waals surface area contributed by atoms with Crippen molar-refractivity contribution >= 4 is 24.0 Å². The Morgan fingerprint density at radius 3 is 1.25 bits per heavy atom. The number of hydrogen-bond donors (Lipinski definition) is 0. The molecule has 0 fully saturated rings. The van der Waals surface area contributed by atoms with Crippen LogP contribution < -0.4 is 0 Å². The zero-order valence-electron chi connectivity index (χ0n) is 1.76. The Labute approximate surface area is 74.9 Å². The number of rotatable bonds is 0. The molecule has 0 aromatic carbocycles. The minimum Gasteiger partial charge on any atom is 0 e. The Bertz CT molecular complexity index is 8.00. The average molecular weight is 433 g/mol. The summed E-state index contributed by atoms with van der Waals surface area (Å²) >= 11 is 1.06. The van der Waals surface area contributed by atoms with Crippen molar-refractivity contribution in [2.24, 2.45) is 0 Å². The second-order valence-corrected chi connectivity index (χ2v) is 0. The van der Waals surface area contributed by atoms with Crippen molar-refractivity contribution < 1.29 is 52.2 Å². The van der Waals surface area contributed by atoms with Crippen LogP contribution in [-0.4, -0.2) is 0 Å². The molecule has 0 amide bonds. The fourth-order valence-corrected chi connectivity index (χ4v) is 0. The molecule has 0 aliphatic carbocycles. The molecular formula is HIOUV. The fraction of sp³-hybridized carbons (Fsp3) is 0. The summed E-state index contributed by atoms with van der Waals surface area (Å²) in [5.74, 6) is 0. The number of hydrogen-bond acceptors (Lipinski definition) is 1. The van der Waals surface area contributed by atoms with Crippen molar-refractivity contribution in [1.29, 1.82) is 0 Å². The molecule has 0 radical (unpaired) electrons. The predicted octanol–water partition coefficient (Wildman–Crippen LogP) is 0.497. The van der Waals surface area contributed by atoms with Crippen molar-refractivity contribution in [2.75, 3.05) is 0 Å². The van der Waals surface area contributed by atoms with Crippen LogP contribution in [0.1, 0.15) is 0 Å². The maximum absolute atomic E-state index is 8.19. The third-order valence-electron chi connectivity index (χ3n) is 0. The van der Waals surface area contributed by atoms with E-state index < -0.39 is 0 Å². The Balaban J connectivity index is -0.00000000500. The molecule has 0 spiro atoms. The van der Waals surface area contributed by atoms with Gasteiger partial charge in [0.05, 0.1) is 0 Å². The molecule has 0 N–H and O–H groups in total. The predicted molar refractivity (Wildman–Crippen MR) is 16.1 cm³/mol. The molecule has 4 heavy (non-hydrogen) atoms. The molecule has 4 heteroatoms. The van der Waals surface area contributed by atoms with E-state index in [9.17, 15) is 0 Å². The third kappa shape index (κ3) is 8.90. The molecule has 0 aliphatic rings. The normalized spacial score (nSPS) is 0.750. The van der Waals surface area contributed by atoms with Gasteiger partial charge in [0.25, 0.3) is 0 Å². The first kappa shape index (κ1) is 16.4. The van der Waals surface area contributed by atoms with Gasteiger partial charge in [-0.05, 0) is 0 Å². The van der Waals surface area contributed by atoms with Crippen LogP contribution in [0, 0.1) is 31.1 Å². The second-order valence-electron chi connectivity index (χ2n) is 0. The minimum atomic E-state index is 0. The molecule has 0 rings (SSSR count). The molecule has 0 bridgehead atoms. The van der Waals surface area contributed by atoms with Crippen LogP contribution >= 0.6 is 24.0 Å². The molecule has 0 aliphatic heterocycles. The summed E-state index contributed by atoms with van der Waals surface area (Å²) in [5.41, 5.74) is 0. The van der Waals surface area contributed by atoms with E-state index >= 15 is 0 Å². The Hall–Kier alpha value is 2.17. The molecule has 0 aromatic heterocycles. The molecule has 1 nitrogen and oxygen atoms in total. The van der Waals surface area contributed by atoms with Crippen molar-refractivity contribution in [1.82, 2.24) is 0 Å². The van der Waals surface area contributed by atoms with Gasteiger partial charge in [0.15, 0.2) is 0 Å². The third-order valence-corrected chi connectivity index (χ3v) is 0. The maximum Gasteiger partial charge on any atom is 0 e. The smallest absolute Gasteiger partial charge is 0 e. The van der Waals surface area contributed by atoms with Crippen LogP contribution in [0.15, 0.2) is 0 Å². The summed E-state index contributed by atoms with van der Waals surface area (Å²) in [4.78, 5) is 0. The van der Waals surface area contributed by atoms with E-state index in [1.54, 1.807) is 0 Å². The zero-order chi connectivity index (χ0) is 2.00. The second kappa shape index (κ2) is 19.1. The van der Waals surface area contributed by atoms with Gasteiger partial charge < -0.3 is 0 Å². The Kier molecular flexibility index (Phi) is 78.4. The van der Waals surface area contributed by atoms with Gasteiger partial charge in [-0.25, -0.2) is 0 Å². The van der Waals surface area contributed by atoms with Crippen molar-refractivity contribution in [3.8, 4) is 0 Å². The summed E-state index contributed by atoms with van der Waals surface area (Å²) in [6, 6.07) is 0. The summed E-state index contributed by atoms with van der Waals surface area (Å²) < 4.78 is 8.19. The zero-order valence-corrected chi connectivity index (χ0v) is 9.65. The van der Waals surface area contributed by atoms with E-state index in [1.165, 1.54) is 0 Å². The van der Waals surface area contributed by atoms with Gasteiger partial charge in [0, 0.05) is 31.1 Å². The first-order chi connectivity index (χ1) is 1.00. The summed E-state index contributed by atoms with van der Waals surface area (Å²) in [5, 5.41) is 0.